The highest BCUT2D eigenvalue weighted by Crippen LogP contribution is 2.09. The van der Waals surface area contributed by atoms with Gasteiger partial charge in [0.1, 0.15) is 17.8 Å². The maximum Gasteiger partial charge on any atom is 0.242 e. The molecule has 0 aliphatic carbocycles. The standard InChI is InChI=1S/C16H14N8O/c25-16(11-24-15-4-2-1-3-14(15)20-22-24)18-9-12-10-23(21-19-12)13-5-7-17-8-6-13/h1-8,10H,9,11H2,(H,18,25). The van der Waals surface area contributed by atoms with Crippen LogP contribution < -0.4 is 5.32 Å². The monoisotopic (exact) mass is 334 g/mol. The van der Waals surface area contributed by atoms with Crippen molar-refractivity contribution in [2.24, 2.45) is 0 Å². The molecule has 1 amide bonds. The third-order valence-corrected chi connectivity index (χ3v) is 3.65. The molecule has 0 atom stereocenters. The lowest BCUT2D eigenvalue weighted by Crippen LogP contribution is -2.27. The molecule has 3 heterocycles. The summed E-state index contributed by atoms with van der Waals surface area (Å²) < 4.78 is 3.20. The number of nitrogens with zero attached hydrogens (tertiary/aromatic N) is 7. The van der Waals surface area contributed by atoms with Crippen LogP contribution in [0.2, 0.25) is 0 Å². The summed E-state index contributed by atoms with van der Waals surface area (Å²) >= 11 is 0. The maximum atomic E-state index is 12.1. The number of pyridine rings is 1. The van der Waals surface area contributed by atoms with E-state index in [1.165, 1.54) is 0 Å². The molecular formula is C16H14N8O. The summed E-state index contributed by atoms with van der Waals surface area (Å²) in [5.74, 6) is -0.172. The highest BCUT2D eigenvalue weighted by atomic mass is 16.2. The molecule has 0 aliphatic rings. The number of nitrogens with one attached hydrogen (secondary N) is 1. The molecule has 0 aliphatic heterocycles. The first-order valence-corrected chi connectivity index (χ1v) is 7.66. The first kappa shape index (κ1) is 14.9. The van der Waals surface area contributed by atoms with E-state index >= 15 is 0 Å². The van der Waals surface area contributed by atoms with Crippen LogP contribution in [0.25, 0.3) is 16.7 Å². The zero-order valence-electron chi connectivity index (χ0n) is 13.1. The SMILES string of the molecule is O=C(Cn1nnc2ccccc21)NCc1cn(-c2ccncc2)nn1. The smallest absolute Gasteiger partial charge is 0.242 e. The molecule has 1 N–H and O–H groups in total. The lowest BCUT2D eigenvalue weighted by Gasteiger charge is -2.03. The number of amides is 1. The predicted octanol–water partition coefficient (Wildman–Crippen LogP) is 0.723. The van der Waals surface area contributed by atoms with Crippen molar-refractivity contribution in [1.29, 1.82) is 0 Å². The fraction of sp³-hybridized carbons (Fsp3) is 0.125. The van der Waals surface area contributed by atoms with Crippen molar-refractivity contribution in [3.8, 4) is 5.69 Å². The van der Waals surface area contributed by atoms with E-state index in [4.69, 9.17) is 0 Å². The minimum absolute atomic E-state index is 0.0962. The van der Waals surface area contributed by atoms with Crippen molar-refractivity contribution in [3.63, 3.8) is 0 Å². The topological polar surface area (TPSA) is 103 Å². The summed E-state index contributed by atoms with van der Waals surface area (Å²) in [6.45, 7) is 0.384. The van der Waals surface area contributed by atoms with Crippen molar-refractivity contribution in [1.82, 2.24) is 40.3 Å². The van der Waals surface area contributed by atoms with Gasteiger partial charge in [-0.3, -0.25) is 9.78 Å². The minimum atomic E-state index is -0.172. The van der Waals surface area contributed by atoms with Gasteiger partial charge in [0, 0.05) is 12.4 Å². The highest BCUT2D eigenvalue weighted by Gasteiger charge is 2.09. The largest absolute Gasteiger partial charge is 0.349 e. The van der Waals surface area contributed by atoms with Crippen LogP contribution in [-0.2, 0) is 17.9 Å². The van der Waals surface area contributed by atoms with E-state index in [9.17, 15) is 4.79 Å². The van der Waals surface area contributed by atoms with Crippen LogP contribution in [-0.4, -0.2) is 40.9 Å². The van der Waals surface area contributed by atoms with Gasteiger partial charge in [0.05, 0.1) is 23.9 Å². The number of para-hydroxylation sites is 1. The Kier molecular flexibility index (Phi) is 3.87. The normalized spacial score (nSPS) is 10.9. The number of hydrogen-bond acceptors (Lipinski definition) is 6. The molecule has 0 saturated carbocycles. The van der Waals surface area contributed by atoms with Gasteiger partial charge >= 0.3 is 0 Å². The molecule has 4 rings (SSSR count). The van der Waals surface area contributed by atoms with Gasteiger partial charge in [0.25, 0.3) is 0 Å². The third-order valence-electron chi connectivity index (χ3n) is 3.65. The van der Waals surface area contributed by atoms with Gasteiger partial charge in [-0.1, -0.05) is 22.6 Å². The highest BCUT2D eigenvalue weighted by molar-refractivity contribution is 5.79. The van der Waals surface area contributed by atoms with Crippen LogP contribution in [0.3, 0.4) is 0 Å². The Morgan fingerprint density at radius 1 is 1.04 bits per heavy atom. The van der Waals surface area contributed by atoms with E-state index in [1.54, 1.807) is 28.0 Å². The third kappa shape index (κ3) is 3.20. The van der Waals surface area contributed by atoms with E-state index in [0.29, 0.717) is 5.69 Å². The molecule has 9 heteroatoms. The summed E-state index contributed by atoms with van der Waals surface area (Å²) in [6, 6.07) is 11.2. The van der Waals surface area contributed by atoms with E-state index < -0.39 is 0 Å². The lowest BCUT2D eigenvalue weighted by molar-refractivity contribution is -0.122. The number of hydrogen-bond donors (Lipinski definition) is 1. The summed E-state index contributed by atoms with van der Waals surface area (Å²) in [6.07, 6.45) is 5.13. The molecule has 0 fully saturated rings. The Morgan fingerprint density at radius 2 is 1.88 bits per heavy atom. The molecular weight excluding hydrogens is 320 g/mol. The second-order valence-electron chi connectivity index (χ2n) is 5.37. The van der Waals surface area contributed by atoms with Crippen LogP contribution in [0.1, 0.15) is 5.69 Å². The number of benzene rings is 1. The van der Waals surface area contributed by atoms with E-state index in [0.717, 1.165) is 16.7 Å². The van der Waals surface area contributed by atoms with Crippen LogP contribution in [0.4, 0.5) is 0 Å². The Bertz CT molecular complexity index is 1010. The molecule has 0 spiro atoms. The molecule has 3 aromatic heterocycles. The van der Waals surface area contributed by atoms with Gasteiger partial charge in [-0.25, -0.2) is 9.36 Å². The van der Waals surface area contributed by atoms with Crippen molar-refractivity contribution >= 4 is 16.9 Å². The van der Waals surface area contributed by atoms with Gasteiger partial charge < -0.3 is 5.32 Å². The molecule has 0 unspecified atom stereocenters. The Labute approximate surface area is 142 Å². The quantitative estimate of drug-likeness (QED) is 0.577. The van der Waals surface area contributed by atoms with E-state index in [2.05, 4.69) is 30.9 Å². The van der Waals surface area contributed by atoms with E-state index in [1.807, 2.05) is 36.4 Å². The summed E-state index contributed by atoms with van der Waals surface area (Å²) in [5.41, 5.74) is 3.10. The molecule has 9 nitrogen and oxygen atoms in total. The summed E-state index contributed by atoms with van der Waals surface area (Å²) in [5, 5.41) is 18.9. The molecule has 0 bridgehead atoms. The Balaban J connectivity index is 1.38. The Morgan fingerprint density at radius 3 is 2.76 bits per heavy atom. The van der Waals surface area contributed by atoms with Crippen molar-refractivity contribution in [2.45, 2.75) is 13.1 Å². The molecule has 0 saturated heterocycles. The minimum Gasteiger partial charge on any atom is -0.349 e. The van der Waals surface area contributed by atoms with Gasteiger partial charge in [-0.15, -0.1) is 10.2 Å². The fourth-order valence-corrected chi connectivity index (χ4v) is 2.42. The average Bonchev–Trinajstić information content (AvgIpc) is 3.28. The Hall–Kier alpha value is -3.62. The molecule has 25 heavy (non-hydrogen) atoms. The zero-order valence-corrected chi connectivity index (χ0v) is 13.1. The fourth-order valence-electron chi connectivity index (χ4n) is 2.42. The van der Waals surface area contributed by atoms with Crippen LogP contribution in [0, 0.1) is 0 Å². The van der Waals surface area contributed by atoms with Crippen LogP contribution >= 0.6 is 0 Å². The second kappa shape index (κ2) is 6.48. The van der Waals surface area contributed by atoms with Gasteiger partial charge in [0.2, 0.25) is 5.91 Å². The van der Waals surface area contributed by atoms with Crippen molar-refractivity contribution in [3.05, 3.63) is 60.7 Å². The van der Waals surface area contributed by atoms with Crippen LogP contribution in [0.5, 0.6) is 0 Å². The van der Waals surface area contributed by atoms with Crippen molar-refractivity contribution in [2.75, 3.05) is 0 Å². The van der Waals surface area contributed by atoms with Gasteiger partial charge in [-0.05, 0) is 24.3 Å². The molecule has 4 aromatic rings. The predicted molar refractivity (Wildman–Crippen MR) is 88.5 cm³/mol. The molecule has 124 valence electrons. The summed E-state index contributed by atoms with van der Waals surface area (Å²) in [4.78, 5) is 16.1. The number of aromatic nitrogens is 7. The number of carbonyl (C=O) groups excluding carboxylic acids is 1. The maximum absolute atomic E-state index is 12.1. The number of fused-ring (bicyclic) bond motifs is 1. The number of carbonyl (C=O) groups is 1. The first-order chi connectivity index (χ1) is 12.3. The average molecular weight is 334 g/mol. The van der Waals surface area contributed by atoms with Gasteiger partial charge in [-0.2, -0.15) is 0 Å². The first-order valence-electron chi connectivity index (χ1n) is 7.66. The van der Waals surface area contributed by atoms with Gasteiger partial charge in [0.15, 0.2) is 0 Å². The lowest BCUT2D eigenvalue weighted by atomic mass is 10.3. The molecule has 1 aromatic carbocycles. The molecule has 0 radical (unpaired) electrons. The van der Waals surface area contributed by atoms with E-state index in [-0.39, 0.29) is 19.0 Å². The van der Waals surface area contributed by atoms with Crippen LogP contribution in [0.15, 0.2) is 55.0 Å². The summed E-state index contributed by atoms with van der Waals surface area (Å²) in [7, 11) is 0. The van der Waals surface area contributed by atoms with Crippen molar-refractivity contribution < 1.29 is 4.79 Å². The zero-order chi connectivity index (χ0) is 17.1. The second-order valence-corrected chi connectivity index (χ2v) is 5.37. The number of rotatable bonds is 5.